The highest BCUT2D eigenvalue weighted by atomic mass is 16.5. The molecule has 7 nitrogen and oxygen atoms in total. The largest absolute Gasteiger partial charge is 0.360 e. The maximum absolute atomic E-state index is 11.8. The number of aromatic nitrogens is 1. The minimum absolute atomic E-state index is 0.158. The van der Waals surface area contributed by atoms with E-state index in [-0.39, 0.29) is 11.8 Å². The third kappa shape index (κ3) is 4.86. The van der Waals surface area contributed by atoms with Gasteiger partial charge in [-0.2, -0.15) is 0 Å². The third-order valence-electron chi connectivity index (χ3n) is 3.34. The minimum atomic E-state index is -0.488. The first-order chi connectivity index (χ1) is 10.1. The van der Waals surface area contributed by atoms with E-state index >= 15 is 0 Å². The number of rotatable bonds is 8. The van der Waals surface area contributed by atoms with Gasteiger partial charge in [-0.05, 0) is 32.6 Å². The van der Waals surface area contributed by atoms with Crippen molar-refractivity contribution in [3.63, 3.8) is 0 Å². The van der Waals surface area contributed by atoms with Gasteiger partial charge in [-0.1, -0.05) is 5.16 Å². The Morgan fingerprint density at radius 3 is 2.67 bits per heavy atom. The topological polar surface area (TPSA) is 110 Å². The molecule has 1 aromatic rings. The number of carbonyl (C=O) groups excluding carboxylic acids is 2. The molecule has 1 aliphatic carbocycles. The molecule has 1 atom stereocenters. The Labute approximate surface area is 123 Å². The first-order valence-corrected chi connectivity index (χ1v) is 7.36. The van der Waals surface area contributed by atoms with Crippen LogP contribution >= 0.6 is 0 Å². The molecule has 7 heteroatoms. The van der Waals surface area contributed by atoms with Crippen molar-refractivity contribution in [1.82, 2.24) is 15.8 Å². The van der Waals surface area contributed by atoms with E-state index in [0.29, 0.717) is 24.7 Å². The molecule has 0 bridgehead atoms. The smallest absolute Gasteiger partial charge is 0.273 e. The van der Waals surface area contributed by atoms with E-state index in [1.807, 2.05) is 0 Å². The molecule has 0 unspecified atom stereocenters. The van der Waals surface area contributed by atoms with Crippen LogP contribution in [0, 0.1) is 0 Å². The van der Waals surface area contributed by atoms with Crippen molar-refractivity contribution < 1.29 is 14.1 Å². The molecule has 1 saturated carbocycles. The summed E-state index contributed by atoms with van der Waals surface area (Å²) in [5.41, 5.74) is 5.76. The first kappa shape index (κ1) is 15.5. The number of nitrogens with zero attached hydrogens (tertiary/aromatic N) is 1. The van der Waals surface area contributed by atoms with Crippen molar-refractivity contribution in [1.29, 1.82) is 0 Å². The molecule has 21 heavy (non-hydrogen) atoms. The van der Waals surface area contributed by atoms with Crippen LogP contribution in [0.1, 0.15) is 54.8 Å². The summed E-state index contributed by atoms with van der Waals surface area (Å²) >= 11 is 0. The number of nitrogens with one attached hydrogen (secondary N) is 2. The molecule has 2 amide bonds. The van der Waals surface area contributed by atoms with Crippen LogP contribution in [0.25, 0.3) is 0 Å². The number of hydrogen-bond acceptors (Lipinski definition) is 5. The second-order valence-electron chi connectivity index (χ2n) is 5.43. The SMILES string of the molecule is C[C@@H](N)C(=O)NCCCCNC(=O)c1cc(C2CC2)on1. The van der Waals surface area contributed by atoms with E-state index in [2.05, 4.69) is 15.8 Å². The van der Waals surface area contributed by atoms with Gasteiger partial charge in [0.2, 0.25) is 5.91 Å². The van der Waals surface area contributed by atoms with E-state index in [1.165, 1.54) is 0 Å². The predicted molar refractivity (Wildman–Crippen MR) is 76.7 cm³/mol. The quantitative estimate of drug-likeness (QED) is 0.606. The summed E-state index contributed by atoms with van der Waals surface area (Å²) in [7, 11) is 0. The standard InChI is InChI=1S/C14H22N4O3/c1-9(15)13(19)16-6-2-3-7-17-14(20)11-8-12(21-18-11)10-4-5-10/h8-10H,2-7,15H2,1H3,(H,16,19)(H,17,20)/t9-/m1/s1. The molecule has 4 N–H and O–H groups in total. The van der Waals surface area contributed by atoms with E-state index in [9.17, 15) is 9.59 Å². The molecule has 116 valence electrons. The Morgan fingerprint density at radius 1 is 1.38 bits per heavy atom. The van der Waals surface area contributed by atoms with Gasteiger partial charge in [0.1, 0.15) is 5.76 Å². The molecule has 0 radical (unpaired) electrons. The molecule has 0 saturated heterocycles. The molecule has 0 aliphatic heterocycles. The Balaban J connectivity index is 1.57. The normalized spacial score (nSPS) is 15.5. The van der Waals surface area contributed by atoms with Crippen LogP contribution in [-0.2, 0) is 4.79 Å². The van der Waals surface area contributed by atoms with Crippen molar-refractivity contribution in [2.45, 2.75) is 44.6 Å². The summed E-state index contributed by atoms with van der Waals surface area (Å²) in [4.78, 5) is 23.0. The van der Waals surface area contributed by atoms with Gasteiger partial charge in [-0.3, -0.25) is 9.59 Å². The second kappa shape index (κ2) is 7.21. The zero-order chi connectivity index (χ0) is 15.2. The van der Waals surface area contributed by atoms with Gasteiger partial charge in [0, 0.05) is 25.1 Å². The van der Waals surface area contributed by atoms with Crippen molar-refractivity contribution in [2.75, 3.05) is 13.1 Å². The predicted octanol–water partition coefficient (Wildman–Crippen LogP) is 0.525. The maximum Gasteiger partial charge on any atom is 0.273 e. The molecule has 1 fully saturated rings. The zero-order valence-electron chi connectivity index (χ0n) is 12.2. The van der Waals surface area contributed by atoms with E-state index in [1.54, 1.807) is 13.0 Å². The lowest BCUT2D eigenvalue weighted by molar-refractivity contribution is -0.121. The van der Waals surface area contributed by atoms with Crippen LogP contribution in [0.5, 0.6) is 0 Å². The van der Waals surface area contributed by atoms with E-state index < -0.39 is 6.04 Å². The Morgan fingerprint density at radius 2 is 2.05 bits per heavy atom. The number of nitrogens with two attached hydrogens (primary N) is 1. The lowest BCUT2D eigenvalue weighted by Crippen LogP contribution is -2.38. The zero-order valence-corrected chi connectivity index (χ0v) is 12.2. The van der Waals surface area contributed by atoms with Crippen LogP contribution in [0.4, 0.5) is 0 Å². The third-order valence-corrected chi connectivity index (χ3v) is 3.34. The van der Waals surface area contributed by atoms with Crippen molar-refractivity contribution in [3.8, 4) is 0 Å². The first-order valence-electron chi connectivity index (χ1n) is 7.36. The van der Waals surface area contributed by atoms with Gasteiger partial charge in [0.15, 0.2) is 5.69 Å². The molecular weight excluding hydrogens is 272 g/mol. The lowest BCUT2D eigenvalue weighted by atomic mass is 10.2. The number of hydrogen-bond donors (Lipinski definition) is 3. The van der Waals surface area contributed by atoms with Crippen molar-refractivity contribution >= 4 is 11.8 Å². The van der Waals surface area contributed by atoms with Crippen molar-refractivity contribution in [2.24, 2.45) is 5.73 Å². The molecule has 0 spiro atoms. The lowest BCUT2D eigenvalue weighted by Gasteiger charge is -2.07. The Bertz CT molecular complexity index is 494. The molecule has 0 aromatic carbocycles. The number of unbranched alkanes of at least 4 members (excludes halogenated alkanes) is 1. The average Bonchev–Trinajstić information content (AvgIpc) is 3.19. The monoisotopic (exact) mass is 294 g/mol. The summed E-state index contributed by atoms with van der Waals surface area (Å²) in [6, 6.07) is 1.23. The fourth-order valence-corrected chi connectivity index (χ4v) is 1.87. The summed E-state index contributed by atoms with van der Waals surface area (Å²) in [6.07, 6.45) is 3.79. The van der Waals surface area contributed by atoms with Gasteiger partial charge >= 0.3 is 0 Å². The van der Waals surface area contributed by atoms with Crippen molar-refractivity contribution in [3.05, 3.63) is 17.5 Å². The summed E-state index contributed by atoms with van der Waals surface area (Å²) in [6.45, 7) is 2.74. The molecular formula is C14H22N4O3. The minimum Gasteiger partial charge on any atom is -0.360 e. The van der Waals surface area contributed by atoms with Crippen LogP contribution in [0.15, 0.2) is 10.6 Å². The van der Waals surface area contributed by atoms with Gasteiger partial charge in [0.05, 0.1) is 6.04 Å². The number of amides is 2. The second-order valence-corrected chi connectivity index (χ2v) is 5.43. The molecule has 2 rings (SSSR count). The fraction of sp³-hybridized carbons (Fsp3) is 0.643. The molecule has 1 aliphatic rings. The highest BCUT2D eigenvalue weighted by Gasteiger charge is 2.28. The summed E-state index contributed by atoms with van der Waals surface area (Å²) in [5.74, 6) is 0.880. The molecule has 1 heterocycles. The average molecular weight is 294 g/mol. The summed E-state index contributed by atoms with van der Waals surface area (Å²) in [5, 5.41) is 9.28. The van der Waals surface area contributed by atoms with Gasteiger partial charge in [0.25, 0.3) is 5.91 Å². The highest BCUT2D eigenvalue weighted by Crippen LogP contribution is 2.40. The van der Waals surface area contributed by atoms with Gasteiger partial charge < -0.3 is 20.9 Å². The van der Waals surface area contributed by atoms with E-state index in [4.69, 9.17) is 10.3 Å². The summed E-state index contributed by atoms with van der Waals surface area (Å²) < 4.78 is 5.13. The highest BCUT2D eigenvalue weighted by molar-refractivity contribution is 5.92. The fourth-order valence-electron chi connectivity index (χ4n) is 1.87. The van der Waals surface area contributed by atoms with Gasteiger partial charge in [-0.25, -0.2) is 0 Å². The number of carbonyl (C=O) groups is 2. The van der Waals surface area contributed by atoms with Crippen LogP contribution < -0.4 is 16.4 Å². The van der Waals surface area contributed by atoms with Gasteiger partial charge in [-0.15, -0.1) is 0 Å². The van der Waals surface area contributed by atoms with Crippen LogP contribution in [0.2, 0.25) is 0 Å². The van der Waals surface area contributed by atoms with Crippen LogP contribution in [-0.4, -0.2) is 36.1 Å². The van der Waals surface area contributed by atoms with Crippen LogP contribution in [0.3, 0.4) is 0 Å². The Hall–Kier alpha value is -1.89. The molecule has 1 aromatic heterocycles. The van der Waals surface area contributed by atoms with E-state index in [0.717, 1.165) is 31.4 Å². The maximum atomic E-state index is 11.8. The Kier molecular flexibility index (Phi) is 5.32.